The second-order valence-corrected chi connectivity index (χ2v) is 9.05. The van der Waals surface area contributed by atoms with Crippen LogP contribution in [0.5, 0.6) is 5.95 Å². The van der Waals surface area contributed by atoms with Gasteiger partial charge in [0.25, 0.3) is 0 Å². The fourth-order valence-corrected chi connectivity index (χ4v) is 4.48. The van der Waals surface area contributed by atoms with Crippen LogP contribution in [0.3, 0.4) is 0 Å². The van der Waals surface area contributed by atoms with Crippen LogP contribution >= 0.6 is 0 Å². The van der Waals surface area contributed by atoms with Gasteiger partial charge in [-0.2, -0.15) is 13.2 Å². The first-order chi connectivity index (χ1) is 13.5. The topological polar surface area (TPSA) is 119 Å². The fraction of sp³-hybridized carbons (Fsp3) is 0.688. The molecule has 1 N–H and O–H groups in total. The lowest BCUT2D eigenvalue weighted by Crippen LogP contribution is -2.29. The van der Waals surface area contributed by atoms with E-state index < -0.39 is 40.5 Å². The van der Waals surface area contributed by atoms with E-state index in [1.165, 1.54) is 4.90 Å². The van der Waals surface area contributed by atoms with Crippen molar-refractivity contribution in [2.75, 3.05) is 31.2 Å². The van der Waals surface area contributed by atoms with Gasteiger partial charge in [0.15, 0.2) is 16.4 Å². The van der Waals surface area contributed by atoms with Gasteiger partial charge in [-0.1, -0.05) is 18.5 Å². The molecule has 0 radical (unpaired) electrons. The minimum atomic E-state index is -4.52. The number of nitrogens with one attached hydrogen (secondary N) is 1. The van der Waals surface area contributed by atoms with Crippen molar-refractivity contribution < 1.29 is 40.4 Å². The molecule has 2 rings (SSSR count). The molecular formula is C16H22F3N3O6S. The maximum Gasteiger partial charge on any atom is 0.422 e. The van der Waals surface area contributed by atoms with Crippen molar-refractivity contribution in [1.29, 1.82) is 0 Å². The van der Waals surface area contributed by atoms with Crippen LogP contribution in [-0.4, -0.2) is 67.8 Å². The van der Waals surface area contributed by atoms with Gasteiger partial charge in [0.2, 0.25) is 5.91 Å². The number of alkyl halides is 3. The predicted octanol–water partition coefficient (Wildman–Crippen LogP) is 1.86. The summed E-state index contributed by atoms with van der Waals surface area (Å²) in [6.45, 7) is 0.433. The maximum absolute atomic E-state index is 12.2. The van der Waals surface area contributed by atoms with Gasteiger partial charge in [-0.15, -0.1) is 0 Å². The number of hydrogen-bond acceptors (Lipinski definition) is 7. The van der Waals surface area contributed by atoms with Crippen LogP contribution in [0.1, 0.15) is 37.8 Å². The SMILES string of the molecule is CC(CS(=O)(=O)CCCCCN1CC(=O)NC1=O)c1cc(OCC(F)(F)F)on1. The Morgan fingerprint density at radius 1 is 1.31 bits per heavy atom. The lowest BCUT2D eigenvalue weighted by atomic mass is 10.1. The molecule has 1 saturated heterocycles. The summed E-state index contributed by atoms with van der Waals surface area (Å²) in [5, 5.41) is 5.73. The van der Waals surface area contributed by atoms with Crippen LogP contribution < -0.4 is 10.1 Å². The lowest BCUT2D eigenvalue weighted by Gasteiger charge is -2.13. The summed E-state index contributed by atoms with van der Waals surface area (Å²) < 4.78 is 69.9. The quantitative estimate of drug-likeness (QED) is 0.411. The Balaban J connectivity index is 1.71. The van der Waals surface area contributed by atoms with E-state index in [1.807, 2.05) is 0 Å². The van der Waals surface area contributed by atoms with Crippen molar-refractivity contribution in [3.05, 3.63) is 11.8 Å². The molecule has 2 heterocycles. The molecular weight excluding hydrogens is 419 g/mol. The first-order valence-corrected chi connectivity index (χ1v) is 10.7. The summed E-state index contributed by atoms with van der Waals surface area (Å²) in [7, 11) is -3.42. The van der Waals surface area contributed by atoms with Gasteiger partial charge in [0, 0.05) is 18.5 Å². The number of nitrogens with zero attached hydrogens (tertiary/aromatic N) is 2. The van der Waals surface area contributed by atoms with Crippen LogP contribution in [0, 0.1) is 0 Å². The molecule has 164 valence electrons. The smallest absolute Gasteiger partial charge is 0.422 e. The highest BCUT2D eigenvalue weighted by Crippen LogP contribution is 2.24. The Morgan fingerprint density at radius 3 is 2.66 bits per heavy atom. The van der Waals surface area contributed by atoms with E-state index in [4.69, 9.17) is 0 Å². The third-order valence-electron chi connectivity index (χ3n) is 4.15. The van der Waals surface area contributed by atoms with Gasteiger partial charge >= 0.3 is 18.2 Å². The Morgan fingerprint density at radius 2 is 2.03 bits per heavy atom. The molecule has 0 aliphatic carbocycles. The summed E-state index contributed by atoms with van der Waals surface area (Å²) in [4.78, 5) is 23.8. The first kappa shape index (κ1) is 23.0. The number of halogens is 3. The van der Waals surface area contributed by atoms with Crippen molar-refractivity contribution >= 4 is 21.8 Å². The molecule has 13 heteroatoms. The van der Waals surface area contributed by atoms with E-state index in [1.54, 1.807) is 6.92 Å². The molecule has 1 fully saturated rings. The molecule has 3 amide bonds. The van der Waals surface area contributed by atoms with Crippen molar-refractivity contribution in [2.45, 2.75) is 38.3 Å². The maximum atomic E-state index is 12.2. The second kappa shape index (κ2) is 9.46. The summed E-state index contributed by atoms with van der Waals surface area (Å²) in [5.74, 6) is -1.66. The number of rotatable bonds is 11. The zero-order chi connectivity index (χ0) is 21.7. The molecule has 1 aromatic rings. The molecule has 1 aromatic heterocycles. The number of urea groups is 1. The Labute approximate surface area is 165 Å². The van der Waals surface area contributed by atoms with Crippen molar-refractivity contribution in [3.63, 3.8) is 0 Å². The van der Waals surface area contributed by atoms with E-state index in [0.717, 1.165) is 6.07 Å². The minimum absolute atomic E-state index is 0.0149. The van der Waals surface area contributed by atoms with Crippen LogP contribution in [0.4, 0.5) is 18.0 Å². The number of aromatic nitrogens is 1. The van der Waals surface area contributed by atoms with E-state index in [0.29, 0.717) is 25.8 Å². The molecule has 0 bridgehead atoms. The average Bonchev–Trinajstić information content (AvgIpc) is 3.18. The highest BCUT2D eigenvalue weighted by Gasteiger charge is 2.30. The lowest BCUT2D eigenvalue weighted by molar-refractivity contribution is -0.156. The van der Waals surface area contributed by atoms with Gasteiger partial charge in [-0.3, -0.25) is 10.1 Å². The van der Waals surface area contributed by atoms with Crippen molar-refractivity contribution in [2.24, 2.45) is 0 Å². The number of imide groups is 1. The number of sulfone groups is 1. The third kappa shape index (κ3) is 7.91. The monoisotopic (exact) mass is 441 g/mol. The van der Waals surface area contributed by atoms with Gasteiger partial charge < -0.3 is 14.2 Å². The van der Waals surface area contributed by atoms with Gasteiger partial charge in [-0.25, -0.2) is 13.2 Å². The Kier molecular flexibility index (Phi) is 7.49. The zero-order valence-electron chi connectivity index (χ0n) is 15.7. The number of ether oxygens (including phenoxy) is 1. The number of hydrogen-bond donors (Lipinski definition) is 1. The molecule has 0 saturated carbocycles. The minimum Gasteiger partial charge on any atom is -0.454 e. The van der Waals surface area contributed by atoms with Gasteiger partial charge in [0.1, 0.15) is 6.54 Å². The van der Waals surface area contributed by atoms with Crippen molar-refractivity contribution in [1.82, 2.24) is 15.4 Å². The summed E-state index contributed by atoms with van der Waals surface area (Å²) in [6, 6.07) is 0.705. The molecule has 1 aliphatic heterocycles. The summed E-state index contributed by atoms with van der Waals surface area (Å²) in [5.41, 5.74) is 0.190. The van der Waals surface area contributed by atoms with Crippen molar-refractivity contribution in [3.8, 4) is 5.95 Å². The molecule has 0 aromatic carbocycles. The van der Waals surface area contributed by atoms with Crippen LogP contribution in [0.15, 0.2) is 10.6 Å². The van der Waals surface area contributed by atoms with Crippen LogP contribution in [0.25, 0.3) is 0 Å². The molecule has 1 aliphatic rings. The van der Waals surface area contributed by atoms with E-state index in [-0.39, 0.29) is 29.7 Å². The largest absolute Gasteiger partial charge is 0.454 e. The molecule has 0 spiro atoms. The summed E-state index contributed by atoms with van der Waals surface area (Å²) >= 11 is 0. The Bertz CT molecular complexity index is 824. The molecule has 1 unspecified atom stereocenters. The first-order valence-electron chi connectivity index (χ1n) is 8.90. The summed E-state index contributed by atoms with van der Waals surface area (Å²) in [6.07, 6.45) is -3.01. The van der Waals surface area contributed by atoms with Crippen LogP contribution in [0.2, 0.25) is 0 Å². The molecule has 9 nitrogen and oxygen atoms in total. The normalized spacial score (nSPS) is 16.2. The number of carbonyl (C=O) groups is 2. The van der Waals surface area contributed by atoms with E-state index in [9.17, 15) is 31.2 Å². The zero-order valence-corrected chi connectivity index (χ0v) is 16.5. The van der Waals surface area contributed by atoms with Gasteiger partial charge in [0.05, 0.1) is 17.2 Å². The molecule has 1 atom stereocenters. The number of unbranched alkanes of at least 4 members (excludes halogenated alkanes) is 2. The average molecular weight is 441 g/mol. The third-order valence-corrected chi connectivity index (χ3v) is 6.06. The van der Waals surface area contributed by atoms with E-state index >= 15 is 0 Å². The standard InChI is InChI=1S/C16H22F3N3O6S/c1-11(12-7-14(28-21-12)27-10-16(17,18)19)9-29(25,26)6-4-2-3-5-22-8-13(23)20-15(22)24/h7,11H,2-6,8-10H2,1H3,(H,20,23,24). The molecule has 29 heavy (non-hydrogen) atoms. The highest BCUT2D eigenvalue weighted by atomic mass is 32.2. The number of carbonyl (C=O) groups excluding carboxylic acids is 2. The number of amides is 3. The Hall–Kier alpha value is -2.31. The van der Waals surface area contributed by atoms with E-state index in [2.05, 4.69) is 19.7 Å². The fourth-order valence-electron chi connectivity index (χ4n) is 2.74. The second-order valence-electron chi connectivity index (χ2n) is 6.83. The highest BCUT2D eigenvalue weighted by molar-refractivity contribution is 7.91. The van der Waals surface area contributed by atoms with Gasteiger partial charge in [-0.05, 0) is 12.8 Å². The van der Waals surface area contributed by atoms with Crippen LogP contribution in [-0.2, 0) is 14.6 Å². The predicted molar refractivity (Wildman–Crippen MR) is 94.1 cm³/mol.